The third-order valence-corrected chi connectivity index (χ3v) is 6.54. The maximum Gasteiger partial charge on any atom is 0.471 e. The van der Waals surface area contributed by atoms with E-state index in [9.17, 15) is 31.1 Å². The Morgan fingerprint density at radius 1 is 0.946 bits per heavy atom. The summed E-state index contributed by atoms with van der Waals surface area (Å²) in [7, 11) is 0. The number of thiazole rings is 1. The van der Waals surface area contributed by atoms with Gasteiger partial charge in [0, 0.05) is 34.0 Å². The number of amides is 1. The van der Waals surface area contributed by atoms with Crippen LogP contribution in [0.2, 0.25) is 0 Å². The Kier molecular flexibility index (Phi) is 6.84. The van der Waals surface area contributed by atoms with Gasteiger partial charge in [-0.1, -0.05) is 43.3 Å². The van der Waals surface area contributed by atoms with Crippen molar-refractivity contribution in [3.05, 3.63) is 75.9 Å². The molecule has 2 aromatic heterocycles. The molecule has 4 aromatic rings. The van der Waals surface area contributed by atoms with Crippen molar-refractivity contribution >= 4 is 17.2 Å². The van der Waals surface area contributed by atoms with E-state index in [-0.39, 0.29) is 23.5 Å². The van der Waals surface area contributed by atoms with Crippen molar-refractivity contribution in [3.8, 4) is 22.6 Å². The summed E-state index contributed by atoms with van der Waals surface area (Å²) >= 11 is 1.31. The quantitative estimate of drug-likeness (QED) is 0.279. The van der Waals surface area contributed by atoms with Crippen molar-refractivity contribution in [2.45, 2.75) is 31.6 Å². The molecule has 0 aliphatic rings. The van der Waals surface area contributed by atoms with Crippen LogP contribution in [0.25, 0.3) is 22.6 Å². The van der Waals surface area contributed by atoms with Gasteiger partial charge in [-0.25, -0.2) is 4.98 Å². The molecule has 1 N–H and O–H groups in total. The second kappa shape index (κ2) is 9.61. The van der Waals surface area contributed by atoms with E-state index in [1.807, 2.05) is 13.8 Å². The van der Waals surface area contributed by atoms with Gasteiger partial charge in [-0.3, -0.25) is 4.79 Å². The van der Waals surface area contributed by atoms with Crippen LogP contribution in [0.4, 0.5) is 26.3 Å². The SMILES string of the molecule is CC(C)(CNC(=O)c1cccc(-c2noc(C(F)(F)F)n2)c1)c1nc(-c2ccc(C(F)(F)F)cc2)cs1. The molecular formula is C24H18F6N4O2S. The lowest BCUT2D eigenvalue weighted by Crippen LogP contribution is -2.36. The maximum absolute atomic E-state index is 12.8. The molecule has 0 radical (unpaired) electrons. The summed E-state index contributed by atoms with van der Waals surface area (Å²) < 4.78 is 80.8. The highest BCUT2D eigenvalue weighted by molar-refractivity contribution is 7.10. The van der Waals surface area contributed by atoms with Gasteiger partial charge in [0.25, 0.3) is 5.91 Å². The molecule has 37 heavy (non-hydrogen) atoms. The first-order valence-corrected chi connectivity index (χ1v) is 11.6. The van der Waals surface area contributed by atoms with Gasteiger partial charge in [-0.15, -0.1) is 11.3 Å². The highest BCUT2D eigenvalue weighted by Gasteiger charge is 2.38. The number of carbonyl (C=O) groups excluding carboxylic acids is 1. The molecule has 1 amide bonds. The summed E-state index contributed by atoms with van der Waals surface area (Å²) in [5, 5.41) is 8.48. The fourth-order valence-electron chi connectivity index (χ4n) is 3.28. The topological polar surface area (TPSA) is 80.9 Å². The van der Waals surface area contributed by atoms with Crippen LogP contribution in [0.1, 0.15) is 40.7 Å². The molecule has 0 aliphatic heterocycles. The van der Waals surface area contributed by atoms with Gasteiger partial charge >= 0.3 is 18.2 Å². The van der Waals surface area contributed by atoms with Crippen molar-refractivity contribution in [2.75, 3.05) is 6.54 Å². The zero-order valence-corrected chi connectivity index (χ0v) is 20.1. The lowest BCUT2D eigenvalue weighted by molar-refractivity contribution is -0.159. The largest absolute Gasteiger partial charge is 0.471 e. The van der Waals surface area contributed by atoms with Gasteiger partial charge < -0.3 is 9.84 Å². The molecule has 0 aliphatic carbocycles. The zero-order chi connectivity index (χ0) is 27.0. The molecule has 0 spiro atoms. The summed E-state index contributed by atoms with van der Waals surface area (Å²) in [5.41, 5.74) is 0.0149. The van der Waals surface area contributed by atoms with E-state index >= 15 is 0 Å². The van der Waals surface area contributed by atoms with Gasteiger partial charge in [-0.2, -0.15) is 31.3 Å². The number of aromatic nitrogens is 3. The Bertz CT molecular complexity index is 1410. The number of nitrogens with one attached hydrogen (secondary N) is 1. The monoisotopic (exact) mass is 540 g/mol. The number of halogens is 6. The summed E-state index contributed by atoms with van der Waals surface area (Å²) in [6.07, 6.45) is -9.21. The zero-order valence-electron chi connectivity index (χ0n) is 19.2. The Morgan fingerprint density at radius 3 is 2.27 bits per heavy atom. The van der Waals surface area contributed by atoms with Gasteiger partial charge in [0.05, 0.1) is 11.3 Å². The standard InChI is InChI=1S/C24H18F6N4O2S/c1-22(2,21-32-17(11-37-21)13-6-8-16(9-7-13)23(25,26)27)12-31-19(35)15-5-3-4-14(10-15)18-33-20(36-34-18)24(28,29)30/h3-11H,12H2,1-2H3,(H,31,35). The number of rotatable bonds is 6. The molecule has 194 valence electrons. The minimum absolute atomic E-state index is 0.163. The Labute approximate surface area is 210 Å². The van der Waals surface area contributed by atoms with E-state index in [1.165, 1.54) is 47.7 Å². The number of hydrogen-bond donors (Lipinski definition) is 1. The highest BCUT2D eigenvalue weighted by Crippen LogP contribution is 2.33. The van der Waals surface area contributed by atoms with Crippen molar-refractivity contribution < 1.29 is 35.7 Å². The Balaban J connectivity index is 1.44. The van der Waals surface area contributed by atoms with Gasteiger partial charge in [0.2, 0.25) is 5.82 Å². The normalized spacial score (nSPS) is 12.5. The van der Waals surface area contributed by atoms with Gasteiger partial charge in [-0.05, 0) is 24.3 Å². The average Bonchev–Trinajstić information content (AvgIpc) is 3.53. The lowest BCUT2D eigenvalue weighted by atomic mass is 9.94. The van der Waals surface area contributed by atoms with Crippen LogP contribution in [0.15, 0.2) is 58.4 Å². The third kappa shape index (κ3) is 5.98. The molecule has 2 heterocycles. The van der Waals surface area contributed by atoms with Gasteiger partial charge in [0.1, 0.15) is 5.01 Å². The van der Waals surface area contributed by atoms with Crippen LogP contribution in [0.5, 0.6) is 0 Å². The van der Waals surface area contributed by atoms with Crippen LogP contribution >= 0.6 is 11.3 Å². The lowest BCUT2D eigenvalue weighted by Gasteiger charge is -2.22. The fraction of sp³-hybridized carbons (Fsp3) is 0.250. The smallest absolute Gasteiger partial charge is 0.351 e. The van der Waals surface area contributed by atoms with Crippen LogP contribution in [-0.2, 0) is 17.8 Å². The predicted molar refractivity (Wildman–Crippen MR) is 123 cm³/mol. The van der Waals surface area contributed by atoms with E-state index in [0.717, 1.165) is 12.1 Å². The number of benzene rings is 2. The molecular weight excluding hydrogens is 522 g/mol. The fourth-order valence-corrected chi connectivity index (χ4v) is 4.24. The van der Waals surface area contributed by atoms with Crippen LogP contribution in [0, 0.1) is 0 Å². The average molecular weight is 540 g/mol. The Hall–Kier alpha value is -3.74. The number of nitrogens with zero attached hydrogens (tertiary/aromatic N) is 3. The first-order valence-electron chi connectivity index (χ1n) is 10.7. The maximum atomic E-state index is 12.8. The van der Waals surface area contributed by atoms with Crippen molar-refractivity contribution in [1.29, 1.82) is 0 Å². The molecule has 0 saturated heterocycles. The molecule has 0 fully saturated rings. The molecule has 0 atom stereocenters. The van der Waals surface area contributed by atoms with E-state index < -0.39 is 35.1 Å². The first-order chi connectivity index (χ1) is 17.2. The summed E-state index contributed by atoms with van der Waals surface area (Å²) in [6.45, 7) is 3.85. The number of carbonyl (C=O) groups is 1. The minimum atomic E-state index is -4.78. The molecule has 13 heteroatoms. The summed E-state index contributed by atoms with van der Waals surface area (Å²) in [5.74, 6) is -2.27. The van der Waals surface area contributed by atoms with E-state index in [1.54, 1.807) is 5.38 Å². The predicted octanol–water partition coefficient (Wildman–Crippen LogP) is 6.61. The Morgan fingerprint density at radius 2 is 1.65 bits per heavy atom. The number of hydrogen-bond acceptors (Lipinski definition) is 6. The molecule has 2 aromatic carbocycles. The first kappa shape index (κ1) is 26.3. The van der Waals surface area contributed by atoms with Crippen molar-refractivity contribution in [2.24, 2.45) is 0 Å². The van der Waals surface area contributed by atoms with Crippen LogP contribution in [-0.4, -0.2) is 27.6 Å². The molecule has 6 nitrogen and oxygen atoms in total. The second-order valence-electron chi connectivity index (χ2n) is 8.68. The number of alkyl halides is 6. The molecule has 0 saturated carbocycles. The molecule has 0 bridgehead atoms. The van der Waals surface area contributed by atoms with E-state index in [4.69, 9.17) is 0 Å². The molecule has 4 rings (SSSR count). The summed E-state index contributed by atoms with van der Waals surface area (Å²) in [6, 6.07) is 10.5. The van der Waals surface area contributed by atoms with Gasteiger partial charge in [0.15, 0.2) is 0 Å². The van der Waals surface area contributed by atoms with Crippen molar-refractivity contribution in [3.63, 3.8) is 0 Å². The third-order valence-electron chi connectivity index (χ3n) is 5.33. The minimum Gasteiger partial charge on any atom is -0.351 e. The second-order valence-corrected chi connectivity index (χ2v) is 9.54. The highest BCUT2D eigenvalue weighted by atomic mass is 32.1. The van der Waals surface area contributed by atoms with Crippen LogP contribution < -0.4 is 5.32 Å². The summed E-state index contributed by atoms with van der Waals surface area (Å²) in [4.78, 5) is 20.6. The molecule has 0 unspecified atom stereocenters. The van der Waals surface area contributed by atoms with Crippen LogP contribution in [0.3, 0.4) is 0 Å². The van der Waals surface area contributed by atoms with Crippen molar-refractivity contribution in [1.82, 2.24) is 20.4 Å². The van der Waals surface area contributed by atoms with E-state index in [2.05, 4.69) is 25.0 Å². The van der Waals surface area contributed by atoms with E-state index in [0.29, 0.717) is 16.3 Å².